The summed E-state index contributed by atoms with van der Waals surface area (Å²) in [5.41, 5.74) is 12.1. The van der Waals surface area contributed by atoms with Crippen molar-refractivity contribution >= 4 is 74.5 Å². The number of amidine groups is 2. The highest BCUT2D eigenvalue weighted by atomic mass is 32.2. The highest BCUT2D eigenvalue weighted by molar-refractivity contribution is 8.14. The molecule has 0 saturated carbocycles. The van der Waals surface area contributed by atoms with E-state index in [0.717, 1.165) is 11.3 Å². The number of fused-ring (bicyclic) bond motifs is 1. The Morgan fingerprint density at radius 1 is 1.50 bits per heavy atom. The molecule has 2 unspecified atom stereocenters. The van der Waals surface area contributed by atoms with Gasteiger partial charge in [0.25, 0.3) is 11.8 Å². The lowest BCUT2D eigenvalue weighted by Gasteiger charge is -2.49. The smallest absolute Gasteiger partial charge is 0.352 e. The summed E-state index contributed by atoms with van der Waals surface area (Å²) in [5, 5.41) is 25.9. The van der Waals surface area contributed by atoms with Crippen molar-refractivity contribution in [1.82, 2.24) is 20.1 Å². The van der Waals surface area contributed by atoms with Crippen LogP contribution in [0.1, 0.15) is 12.1 Å². The van der Waals surface area contributed by atoms with Gasteiger partial charge in [-0.25, -0.2) is 14.8 Å². The molecule has 0 spiro atoms. The summed E-state index contributed by atoms with van der Waals surface area (Å²) in [6.07, 6.45) is 6.67. The maximum absolute atomic E-state index is 13.1. The fourth-order valence-corrected chi connectivity index (χ4v) is 7.15. The molecule has 4 heterocycles. The topological polar surface area (TPSA) is 213 Å². The Balaban J connectivity index is 1.49. The molecule has 1 fully saturated rings. The molecule has 1 aromatic heterocycles. The Morgan fingerprint density at radius 2 is 2.27 bits per heavy atom. The number of hydrogen-bond donors (Lipinski definition) is 5. The standard InChI is InChI=1S/C23H25N9O5S3/c1-3-5-31-14(25)7-13(24)28-23(31)40-9-11-8-38-20-16(19(34)32(20)17(11)21(35)36)29-18(33)15(30-37-6-4-2)12-10-39-22(26)27-12/h2-3,10,14,16,20,24H,1,5-9,25H2,(H2,26,27)(H,29,33)(H,35,36)/t14?,16?,20-/m0/s1. The number of anilines is 1. The summed E-state index contributed by atoms with van der Waals surface area (Å²) >= 11 is 3.65. The van der Waals surface area contributed by atoms with Gasteiger partial charge in [-0.15, -0.1) is 36.1 Å². The van der Waals surface area contributed by atoms with Gasteiger partial charge in [0.05, 0.1) is 6.17 Å². The number of nitrogen functional groups attached to an aromatic ring is 1. The van der Waals surface area contributed by atoms with E-state index < -0.39 is 35.4 Å². The van der Waals surface area contributed by atoms with Crippen molar-refractivity contribution in [3.05, 3.63) is 35.0 Å². The molecule has 3 atom stereocenters. The van der Waals surface area contributed by atoms with E-state index in [0.29, 0.717) is 23.0 Å². The Kier molecular flexibility index (Phi) is 9.14. The Morgan fingerprint density at radius 3 is 2.92 bits per heavy atom. The highest BCUT2D eigenvalue weighted by Gasteiger charge is 2.54. The van der Waals surface area contributed by atoms with Crippen LogP contribution in [0.4, 0.5) is 5.13 Å². The monoisotopic (exact) mass is 603 g/mol. The molecular formula is C23H25N9O5S3. The summed E-state index contributed by atoms with van der Waals surface area (Å²) < 4.78 is 0. The SMILES string of the molecule is C#CCON=C(C(=O)NC1C(=O)N2C(C(=O)O)=C(CSC3=NC(=N)CC(N)N3CC=C)CS[C@@H]12)c1csc(N)n1. The van der Waals surface area contributed by atoms with Crippen LogP contribution in [0.25, 0.3) is 0 Å². The van der Waals surface area contributed by atoms with E-state index in [1.165, 1.54) is 33.8 Å². The van der Waals surface area contributed by atoms with Crippen LogP contribution in [0.5, 0.6) is 0 Å². The van der Waals surface area contributed by atoms with E-state index in [2.05, 4.69) is 32.9 Å². The molecule has 14 nitrogen and oxygen atoms in total. The first kappa shape index (κ1) is 29.1. The van der Waals surface area contributed by atoms with E-state index in [9.17, 15) is 19.5 Å². The molecule has 0 aromatic carbocycles. The summed E-state index contributed by atoms with van der Waals surface area (Å²) in [5.74, 6) is 0.266. The number of rotatable bonds is 10. The van der Waals surface area contributed by atoms with Crippen LogP contribution in [0.15, 0.2) is 39.5 Å². The number of β-lactam (4-membered cyclic amide) rings is 1. The molecule has 2 amide bonds. The Bertz CT molecular complexity index is 1380. The number of amides is 2. The zero-order valence-electron chi connectivity index (χ0n) is 20.9. The first-order valence-electron chi connectivity index (χ1n) is 11.6. The average Bonchev–Trinajstić information content (AvgIpc) is 3.34. The van der Waals surface area contributed by atoms with E-state index >= 15 is 0 Å². The number of thioether (sulfide) groups is 2. The predicted molar refractivity (Wildman–Crippen MR) is 155 cm³/mol. The number of aliphatic carboxylic acids is 1. The van der Waals surface area contributed by atoms with Crippen molar-refractivity contribution in [2.45, 2.75) is 24.0 Å². The quantitative estimate of drug-likeness (QED) is 0.0602. The van der Waals surface area contributed by atoms with Crippen LogP contribution in [0, 0.1) is 17.8 Å². The van der Waals surface area contributed by atoms with Crippen molar-refractivity contribution in [3.8, 4) is 12.3 Å². The van der Waals surface area contributed by atoms with E-state index in [1.54, 1.807) is 11.0 Å². The van der Waals surface area contributed by atoms with Crippen LogP contribution < -0.4 is 16.8 Å². The van der Waals surface area contributed by atoms with Gasteiger partial charge in [-0.2, -0.15) is 0 Å². The lowest BCUT2D eigenvalue weighted by atomic mass is 10.0. The van der Waals surface area contributed by atoms with Crippen LogP contribution in [-0.2, 0) is 19.2 Å². The second-order valence-corrected chi connectivity index (χ2v) is 11.4. The fourth-order valence-electron chi connectivity index (χ4n) is 4.03. The third-order valence-corrected chi connectivity index (χ3v) is 8.89. The minimum Gasteiger partial charge on any atom is -0.477 e. The van der Waals surface area contributed by atoms with Crippen molar-refractivity contribution in [1.29, 1.82) is 5.41 Å². The molecular weight excluding hydrogens is 579 g/mol. The van der Waals surface area contributed by atoms with E-state index in [1.807, 2.05) is 0 Å². The largest absolute Gasteiger partial charge is 0.477 e. The predicted octanol–water partition coefficient (Wildman–Crippen LogP) is 0.0608. The summed E-state index contributed by atoms with van der Waals surface area (Å²) in [7, 11) is 0. The number of terminal acetylenes is 1. The second-order valence-electron chi connectivity index (χ2n) is 8.45. The van der Waals surface area contributed by atoms with E-state index in [4.69, 9.17) is 28.1 Å². The summed E-state index contributed by atoms with van der Waals surface area (Å²) in [6.45, 7) is 3.95. The van der Waals surface area contributed by atoms with Gasteiger partial charge in [-0.3, -0.25) is 19.9 Å². The molecule has 4 rings (SSSR count). The zero-order valence-corrected chi connectivity index (χ0v) is 23.4. The third-order valence-electron chi connectivity index (χ3n) is 5.80. The van der Waals surface area contributed by atoms with Gasteiger partial charge in [0.2, 0.25) is 0 Å². The van der Waals surface area contributed by atoms with Crippen LogP contribution in [-0.4, -0.2) is 96.6 Å². The molecule has 17 heteroatoms. The lowest BCUT2D eigenvalue weighted by Crippen LogP contribution is -2.71. The number of hydrogen-bond acceptors (Lipinski definition) is 13. The third kappa shape index (κ3) is 5.99. The van der Waals surface area contributed by atoms with Gasteiger partial charge in [0.1, 0.15) is 28.6 Å². The molecule has 7 N–H and O–H groups in total. The number of carbonyl (C=O) groups excluding carboxylic acids is 2. The molecule has 210 valence electrons. The average molecular weight is 604 g/mol. The molecule has 0 bridgehead atoms. The maximum Gasteiger partial charge on any atom is 0.352 e. The van der Waals surface area contributed by atoms with Crippen molar-refractivity contribution in [3.63, 3.8) is 0 Å². The van der Waals surface area contributed by atoms with Crippen molar-refractivity contribution in [2.75, 3.05) is 30.4 Å². The number of carboxylic acids is 1. The number of carboxylic acid groups (broad SMARTS) is 1. The van der Waals surface area contributed by atoms with Gasteiger partial charge >= 0.3 is 5.97 Å². The molecule has 0 aliphatic carbocycles. The van der Waals surface area contributed by atoms with Gasteiger partial charge < -0.3 is 31.6 Å². The summed E-state index contributed by atoms with van der Waals surface area (Å²) in [6, 6.07) is -1.00. The highest BCUT2D eigenvalue weighted by Crippen LogP contribution is 2.41. The van der Waals surface area contributed by atoms with Crippen LogP contribution >= 0.6 is 34.9 Å². The summed E-state index contributed by atoms with van der Waals surface area (Å²) in [4.78, 5) is 54.7. The molecule has 40 heavy (non-hydrogen) atoms. The van der Waals surface area contributed by atoms with Gasteiger partial charge in [0.15, 0.2) is 22.6 Å². The Hall–Kier alpha value is -3.85. The number of nitrogens with one attached hydrogen (secondary N) is 2. The minimum absolute atomic E-state index is 0.130. The molecule has 1 saturated heterocycles. The number of aliphatic imine (C=N–C) groups is 1. The Labute approximate surface area is 241 Å². The zero-order chi connectivity index (χ0) is 29.0. The van der Waals surface area contributed by atoms with Crippen LogP contribution in [0.2, 0.25) is 0 Å². The fraction of sp³-hybridized carbons (Fsp3) is 0.348. The van der Waals surface area contributed by atoms with Crippen molar-refractivity contribution in [2.24, 2.45) is 15.9 Å². The van der Waals surface area contributed by atoms with Gasteiger partial charge in [-0.05, 0) is 5.57 Å². The number of nitrogens with zero attached hydrogens (tertiary/aromatic N) is 5. The molecule has 3 aliphatic rings. The second kappa shape index (κ2) is 12.6. The van der Waals surface area contributed by atoms with E-state index in [-0.39, 0.29) is 46.9 Å². The minimum atomic E-state index is -1.26. The van der Waals surface area contributed by atoms with Crippen LogP contribution in [0.3, 0.4) is 0 Å². The number of oxime groups is 1. The molecule has 1 aromatic rings. The number of carbonyl (C=O) groups is 3. The molecule has 0 radical (unpaired) electrons. The number of thiazole rings is 1. The number of nitrogens with two attached hydrogens (primary N) is 2. The molecule has 3 aliphatic heterocycles. The first-order valence-corrected chi connectivity index (χ1v) is 14.5. The van der Waals surface area contributed by atoms with Crippen molar-refractivity contribution < 1.29 is 24.3 Å². The first-order chi connectivity index (χ1) is 19.2. The maximum atomic E-state index is 13.1. The lowest BCUT2D eigenvalue weighted by molar-refractivity contribution is -0.150. The normalized spacial score (nSPS) is 22.6. The number of aromatic nitrogens is 1. The van der Waals surface area contributed by atoms with Gasteiger partial charge in [-0.1, -0.05) is 28.9 Å². The van der Waals surface area contributed by atoms with Gasteiger partial charge in [0, 0.05) is 29.9 Å².